The Kier molecular flexibility index (Phi) is 7.80. The zero-order valence-corrected chi connectivity index (χ0v) is 23.9. The molecule has 4 aromatic rings. The Morgan fingerprint density at radius 2 is 1.86 bits per heavy atom. The Morgan fingerprint density at radius 1 is 1.12 bits per heavy atom. The van der Waals surface area contributed by atoms with Gasteiger partial charge in [-0.25, -0.2) is 12.8 Å². The van der Waals surface area contributed by atoms with E-state index < -0.39 is 45.2 Å². The summed E-state index contributed by atoms with van der Waals surface area (Å²) in [4.78, 5) is 12.8. The van der Waals surface area contributed by atoms with Crippen LogP contribution >= 0.6 is 11.6 Å². The van der Waals surface area contributed by atoms with E-state index in [4.69, 9.17) is 16.3 Å². The number of nitrogens with zero attached hydrogens (tertiary/aromatic N) is 3. The molecule has 0 spiro atoms. The minimum atomic E-state index is -4.81. The quantitative estimate of drug-likeness (QED) is 0.167. The smallest absolute Gasteiger partial charge is 0.435 e. The molecule has 0 radical (unpaired) electrons. The largest absolute Gasteiger partial charge is 0.486 e. The van der Waals surface area contributed by atoms with Crippen LogP contribution in [-0.2, 0) is 23.2 Å². The maximum atomic E-state index is 14.2. The Morgan fingerprint density at radius 3 is 2.57 bits per heavy atom. The van der Waals surface area contributed by atoms with Crippen molar-refractivity contribution in [3.8, 4) is 16.9 Å². The molecule has 220 valence electrons. The molecule has 2 heterocycles. The molecule has 13 heteroatoms. The van der Waals surface area contributed by atoms with Crippen molar-refractivity contribution in [2.75, 3.05) is 10.8 Å². The molecule has 0 bridgehead atoms. The summed E-state index contributed by atoms with van der Waals surface area (Å²) >= 11 is 6.19. The molecule has 0 fully saturated rings. The molecule has 1 aliphatic heterocycles. The van der Waals surface area contributed by atoms with E-state index in [1.54, 1.807) is 31.2 Å². The van der Waals surface area contributed by atoms with Crippen LogP contribution in [0.3, 0.4) is 0 Å². The Hall–Kier alpha value is -3.90. The molecular formula is C29H24ClF4N3O4S. The second-order valence-corrected chi connectivity index (χ2v) is 12.1. The van der Waals surface area contributed by atoms with Crippen LogP contribution < -0.4 is 9.04 Å². The van der Waals surface area contributed by atoms with Crippen LogP contribution in [0.15, 0.2) is 71.8 Å². The normalized spacial score (nSPS) is 15.3. The first kappa shape index (κ1) is 29.6. The third-order valence-corrected chi connectivity index (χ3v) is 8.98. The van der Waals surface area contributed by atoms with Crippen molar-refractivity contribution < 1.29 is 35.5 Å². The van der Waals surface area contributed by atoms with E-state index in [2.05, 4.69) is 5.10 Å². The number of Topliss-reactive ketones (excluding diaryl/α,β-unsaturated/α-hetero) is 1. The molecule has 7 nitrogen and oxygen atoms in total. The number of alkyl halides is 3. The maximum Gasteiger partial charge on any atom is 0.435 e. The summed E-state index contributed by atoms with van der Waals surface area (Å²) in [6.45, 7) is 1.52. The van der Waals surface area contributed by atoms with Crippen molar-refractivity contribution in [2.24, 2.45) is 7.05 Å². The van der Waals surface area contributed by atoms with Crippen molar-refractivity contribution in [1.29, 1.82) is 0 Å². The van der Waals surface area contributed by atoms with Gasteiger partial charge in [-0.05, 0) is 54.8 Å². The van der Waals surface area contributed by atoms with Crippen LogP contribution in [0.2, 0.25) is 5.02 Å². The van der Waals surface area contributed by atoms with E-state index in [-0.39, 0.29) is 40.7 Å². The predicted octanol–water partition coefficient (Wildman–Crippen LogP) is 6.83. The van der Waals surface area contributed by atoms with Gasteiger partial charge in [0.25, 0.3) is 10.0 Å². The lowest BCUT2D eigenvalue weighted by Crippen LogP contribution is -2.43. The number of hydrogen-bond donors (Lipinski definition) is 0. The number of benzene rings is 3. The first-order valence-electron chi connectivity index (χ1n) is 12.7. The van der Waals surface area contributed by atoms with Crippen molar-refractivity contribution in [3.05, 3.63) is 94.5 Å². The Bertz CT molecular complexity index is 1790. The number of carbonyl (C=O) groups excluding carboxylic acids is 1. The fourth-order valence-electron chi connectivity index (χ4n) is 4.82. The fourth-order valence-corrected chi connectivity index (χ4v) is 6.65. The van der Waals surface area contributed by atoms with E-state index >= 15 is 0 Å². The number of hydrogen-bond acceptors (Lipinski definition) is 5. The van der Waals surface area contributed by atoms with Crippen LogP contribution in [0.5, 0.6) is 5.75 Å². The third-order valence-electron chi connectivity index (χ3n) is 6.82. The van der Waals surface area contributed by atoms with Gasteiger partial charge in [-0.2, -0.15) is 18.3 Å². The molecule has 3 aromatic carbocycles. The van der Waals surface area contributed by atoms with Gasteiger partial charge in [0.05, 0.1) is 27.7 Å². The highest BCUT2D eigenvalue weighted by Gasteiger charge is 2.39. The average molecular weight is 622 g/mol. The van der Waals surface area contributed by atoms with Gasteiger partial charge in [0, 0.05) is 25.2 Å². The summed E-state index contributed by atoms with van der Waals surface area (Å²) in [5.41, 5.74) is -0.181. The number of ether oxygens (including phenoxy) is 1. The topological polar surface area (TPSA) is 81.5 Å². The summed E-state index contributed by atoms with van der Waals surface area (Å²) in [6, 6.07) is 15.2. The molecule has 0 N–H and O–H groups in total. The van der Waals surface area contributed by atoms with E-state index in [1.165, 1.54) is 43.4 Å². The first-order valence-corrected chi connectivity index (χ1v) is 14.6. The van der Waals surface area contributed by atoms with Gasteiger partial charge >= 0.3 is 6.18 Å². The van der Waals surface area contributed by atoms with Crippen LogP contribution in [0.1, 0.15) is 34.5 Å². The van der Waals surface area contributed by atoms with E-state index in [1.807, 2.05) is 0 Å². The number of halogens is 5. The number of ketones is 1. The van der Waals surface area contributed by atoms with Crippen molar-refractivity contribution in [2.45, 2.75) is 36.9 Å². The molecule has 0 saturated carbocycles. The zero-order chi connectivity index (χ0) is 30.4. The second-order valence-electron chi connectivity index (χ2n) is 9.90. The van der Waals surface area contributed by atoms with Gasteiger partial charge in [-0.3, -0.25) is 13.8 Å². The standard InChI is InChI=1S/C29H24ClF4N3O4S/c1-17-5-3-6-20(13-17)42(39,40)37-15-19(10-11-25(38)22-16-36(2)35-28(22)29(32,33)34)41-26-12-9-18(14-24(26)37)21-7-4-8-23(31)27(21)30/h3-9,12-14,16,19H,10-11,15H2,1-2H3/t19-/m0/s1. The first-order chi connectivity index (χ1) is 19.8. The average Bonchev–Trinajstić information content (AvgIpc) is 3.35. The highest BCUT2D eigenvalue weighted by molar-refractivity contribution is 7.92. The molecule has 0 amide bonds. The van der Waals surface area contributed by atoms with Crippen LogP contribution in [0, 0.1) is 12.7 Å². The summed E-state index contributed by atoms with van der Waals surface area (Å²) in [5, 5.41) is 3.24. The highest BCUT2D eigenvalue weighted by atomic mass is 35.5. The molecule has 42 heavy (non-hydrogen) atoms. The fraction of sp³-hybridized carbons (Fsp3) is 0.241. The number of fused-ring (bicyclic) bond motifs is 1. The van der Waals surface area contributed by atoms with Crippen molar-refractivity contribution in [1.82, 2.24) is 9.78 Å². The van der Waals surface area contributed by atoms with Crippen LogP contribution in [0.4, 0.5) is 23.2 Å². The number of aryl methyl sites for hydroxylation is 2. The Balaban J connectivity index is 1.50. The van der Waals surface area contributed by atoms with Gasteiger partial charge in [0.15, 0.2) is 11.5 Å². The Labute approximate surface area is 244 Å². The van der Waals surface area contributed by atoms with Crippen molar-refractivity contribution in [3.63, 3.8) is 0 Å². The van der Waals surface area contributed by atoms with Gasteiger partial charge in [-0.15, -0.1) is 0 Å². The number of sulfonamides is 1. The van der Waals surface area contributed by atoms with Gasteiger partial charge in [0.1, 0.15) is 17.7 Å². The second kappa shape index (κ2) is 11.1. The summed E-state index contributed by atoms with van der Waals surface area (Å²) < 4.78 is 90.3. The van der Waals surface area contributed by atoms with Crippen molar-refractivity contribution >= 4 is 33.1 Å². The third kappa shape index (κ3) is 5.73. The summed E-state index contributed by atoms with van der Waals surface area (Å²) in [5.74, 6) is -1.27. The number of aromatic nitrogens is 2. The van der Waals surface area contributed by atoms with E-state index in [9.17, 15) is 30.8 Å². The summed E-state index contributed by atoms with van der Waals surface area (Å²) in [7, 11) is -2.88. The molecule has 1 aliphatic rings. The molecule has 1 atom stereocenters. The molecular weight excluding hydrogens is 598 g/mol. The minimum absolute atomic E-state index is 0.0181. The van der Waals surface area contributed by atoms with Gasteiger partial charge in [0.2, 0.25) is 0 Å². The lowest BCUT2D eigenvalue weighted by atomic mass is 10.0. The van der Waals surface area contributed by atoms with Crippen LogP contribution in [-0.4, -0.2) is 36.6 Å². The monoisotopic (exact) mass is 621 g/mol. The molecule has 0 unspecified atom stereocenters. The maximum absolute atomic E-state index is 14.2. The zero-order valence-electron chi connectivity index (χ0n) is 22.3. The SMILES string of the molecule is Cc1cccc(S(=O)(=O)N2C[C@H](CCC(=O)c3cn(C)nc3C(F)(F)F)Oc3ccc(-c4cccc(F)c4Cl)cc32)c1. The highest BCUT2D eigenvalue weighted by Crippen LogP contribution is 2.42. The minimum Gasteiger partial charge on any atom is -0.486 e. The predicted molar refractivity (Wildman–Crippen MR) is 149 cm³/mol. The van der Waals surface area contributed by atoms with Gasteiger partial charge in [-0.1, -0.05) is 41.9 Å². The summed E-state index contributed by atoms with van der Waals surface area (Å²) in [6.07, 6.45) is -5.08. The number of rotatable bonds is 7. The lowest BCUT2D eigenvalue weighted by molar-refractivity contribution is -0.141. The van der Waals surface area contributed by atoms with Gasteiger partial charge < -0.3 is 4.74 Å². The van der Waals surface area contributed by atoms with E-state index in [0.717, 1.165) is 15.2 Å². The molecule has 1 aromatic heterocycles. The molecule has 0 saturated heterocycles. The number of anilines is 1. The molecule has 0 aliphatic carbocycles. The molecule has 5 rings (SSSR count). The lowest BCUT2D eigenvalue weighted by Gasteiger charge is -2.36. The number of carbonyl (C=O) groups is 1. The van der Waals surface area contributed by atoms with Crippen LogP contribution in [0.25, 0.3) is 11.1 Å². The van der Waals surface area contributed by atoms with E-state index in [0.29, 0.717) is 16.7 Å².